The van der Waals surface area contributed by atoms with Crippen molar-refractivity contribution in [2.75, 3.05) is 20.2 Å². The summed E-state index contributed by atoms with van der Waals surface area (Å²) in [6.07, 6.45) is 0. The highest BCUT2D eigenvalue weighted by Gasteiger charge is 2.24. The van der Waals surface area contributed by atoms with E-state index in [2.05, 4.69) is 5.32 Å². The third-order valence-corrected chi connectivity index (χ3v) is 6.37. The van der Waals surface area contributed by atoms with Gasteiger partial charge in [-0.25, -0.2) is 8.42 Å². The van der Waals surface area contributed by atoms with Gasteiger partial charge in [-0.05, 0) is 49.7 Å². The molecule has 6 nitrogen and oxygen atoms in total. The van der Waals surface area contributed by atoms with Crippen molar-refractivity contribution in [1.82, 2.24) is 9.62 Å². The highest BCUT2D eigenvalue weighted by molar-refractivity contribution is 7.89. The Morgan fingerprint density at radius 1 is 1.18 bits per heavy atom. The van der Waals surface area contributed by atoms with E-state index in [1.54, 1.807) is 31.2 Å². The van der Waals surface area contributed by atoms with Gasteiger partial charge < -0.3 is 10.1 Å². The largest absolute Gasteiger partial charge is 0.492 e. The average molecular weight is 445 g/mol. The van der Waals surface area contributed by atoms with Crippen LogP contribution >= 0.6 is 23.2 Å². The number of hydrogen-bond donors (Lipinski definition) is 1. The van der Waals surface area contributed by atoms with Crippen LogP contribution in [0.2, 0.25) is 10.0 Å². The van der Waals surface area contributed by atoms with Crippen molar-refractivity contribution in [3.05, 3.63) is 58.1 Å². The molecule has 1 atom stereocenters. The van der Waals surface area contributed by atoms with Crippen LogP contribution < -0.4 is 10.1 Å². The van der Waals surface area contributed by atoms with Crippen molar-refractivity contribution in [2.45, 2.75) is 24.8 Å². The molecule has 0 unspecified atom stereocenters. The van der Waals surface area contributed by atoms with Gasteiger partial charge >= 0.3 is 0 Å². The molecule has 0 fully saturated rings. The van der Waals surface area contributed by atoms with Crippen LogP contribution in [0.25, 0.3) is 0 Å². The fourth-order valence-electron chi connectivity index (χ4n) is 2.50. The Morgan fingerprint density at radius 3 is 2.39 bits per heavy atom. The minimum Gasteiger partial charge on any atom is -0.492 e. The first-order valence-corrected chi connectivity index (χ1v) is 10.8. The van der Waals surface area contributed by atoms with Crippen molar-refractivity contribution in [3.63, 3.8) is 0 Å². The van der Waals surface area contributed by atoms with E-state index >= 15 is 0 Å². The number of rotatable bonds is 8. The third kappa shape index (κ3) is 5.61. The number of nitrogens with one attached hydrogen (secondary N) is 1. The van der Waals surface area contributed by atoms with Gasteiger partial charge in [0.15, 0.2) is 0 Å². The second kappa shape index (κ2) is 9.60. The highest BCUT2D eigenvalue weighted by atomic mass is 35.5. The Kier molecular flexibility index (Phi) is 7.71. The zero-order valence-electron chi connectivity index (χ0n) is 15.8. The van der Waals surface area contributed by atoms with Gasteiger partial charge in [0, 0.05) is 12.1 Å². The van der Waals surface area contributed by atoms with Gasteiger partial charge in [0.05, 0.1) is 29.1 Å². The van der Waals surface area contributed by atoms with E-state index in [1.165, 1.54) is 25.2 Å². The standard InChI is InChI=1S/C19H22Cl2N2O4S/c1-4-27-18-10-9-16(11-17(18)21)28(25,26)23(3)12-19(24)22-13(2)14-5-7-15(20)8-6-14/h5-11,13H,4,12H2,1-3H3,(H,22,24)/t13-/m0/s1. The highest BCUT2D eigenvalue weighted by Crippen LogP contribution is 2.28. The van der Waals surface area contributed by atoms with Crippen LogP contribution in [0.15, 0.2) is 47.4 Å². The number of amides is 1. The number of carbonyl (C=O) groups excluding carboxylic acids is 1. The lowest BCUT2D eigenvalue weighted by Gasteiger charge is -2.20. The van der Waals surface area contributed by atoms with Crippen molar-refractivity contribution in [2.24, 2.45) is 0 Å². The summed E-state index contributed by atoms with van der Waals surface area (Å²) >= 11 is 11.9. The third-order valence-electron chi connectivity index (χ3n) is 4.03. The summed E-state index contributed by atoms with van der Waals surface area (Å²) in [7, 11) is -2.54. The number of likely N-dealkylation sites (N-methyl/N-ethyl adjacent to an activating group) is 1. The second-order valence-electron chi connectivity index (χ2n) is 6.13. The topological polar surface area (TPSA) is 75.7 Å². The molecule has 2 rings (SSSR count). The van der Waals surface area contributed by atoms with Crippen LogP contribution in [0.1, 0.15) is 25.5 Å². The van der Waals surface area contributed by atoms with Gasteiger partial charge in [-0.15, -0.1) is 0 Å². The lowest BCUT2D eigenvalue weighted by Crippen LogP contribution is -2.39. The first kappa shape index (κ1) is 22.5. The smallest absolute Gasteiger partial charge is 0.243 e. The molecule has 0 spiro atoms. The summed E-state index contributed by atoms with van der Waals surface area (Å²) in [5, 5.41) is 3.56. The molecule has 1 amide bonds. The molecule has 0 saturated carbocycles. The normalized spacial score (nSPS) is 12.6. The molecule has 0 heterocycles. The van der Waals surface area contributed by atoms with Gasteiger partial charge in [0.1, 0.15) is 5.75 Å². The van der Waals surface area contributed by atoms with Gasteiger partial charge in [0.25, 0.3) is 0 Å². The lowest BCUT2D eigenvalue weighted by molar-refractivity contribution is -0.121. The Balaban J connectivity index is 2.05. The quantitative estimate of drug-likeness (QED) is 0.669. The van der Waals surface area contributed by atoms with Crippen LogP contribution in [0, 0.1) is 0 Å². The summed E-state index contributed by atoms with van der Waals surface area (Å²) in [4.78, 5) is 12.3. The first-order valence-electron chi connectivity index (χ1n) is 8.58. The molecule has 28 heavy (non-hydrogen) atoms. The maximum absolute atomic E-state index is 12.7. The van der Waals surface area contributed by atoms with Gasteiger partial charge in [-0.2, -0.15) is 4.31 Å². The molecule has 0 aliphatic heterocycles. The van der Waals surface area contributed by atoms with Gasteiger partial charge in [-0.1, -0.05) is 35.3 Å². The minimum absolute atomic E-state index is 0.0120. The molecule has 0 radical (unpaired) electrons. The van der Waals surface area contributed by atoms with Crippen LogP contribution in [0.3, 0.4) is 0 Å². The Morgan fingerprint density at radius 2 is 1.82 bits per heavy atom. The molecule has 0 bridgehead atoms. The summed E-state index contributed by atoms with van der Waals surface area (Å²) < 4.78 is 31.7. The molecule has 9 heteroatoms. The zero-order chi connectivity index (χ0) is 20.9. The fraction of sp³-hybridized carbons (Fsp3) is 0.316. The summed E-state index contributed by atoms with van der Waals surface area (Å²) in [6.45, 7) is 3.70. The van der Waals surface area contributed by atoms with Crippen LogP contribution in [-0.2, 0) is 14.8 Å². The summed E-state index contributed by atoms with van der Waals surface area (Å²) in [5.41, 5.74) is 0.863. The van der Waals surface area contributed by atoms with Crippen molar-refractivity contribution in [1.29, 1.82) is 0 Å². The van der Waals surface area contributed by atoms with Gasteiger partial charge in [-0.3, -0.25) is 4.79 Å². The summed E-state index contributed by atoms with van der Waals surface area (Å²) in [5.74, 6) is -0.0224. The van der Waals surface area contributed by atoms with Crippen LogP contribution in [0.5, 0.6) is 5.75 Å². The monoisotopic (exact) mass is 444 g/mol. The van der Waals surface area contributed by atoms with E-state index in [-0.39, 0.29) is 22.5 Å². The molecule has 152 valence electrons. The van der Waals surface area contributed by atoms with E-state index in [0.29, 0.717) is 17.4 Å². The molecule has 2 aromatic rings. The van der Waals surface area contributed by atoms with Gasteiger partial charge in [0.2, 0.25) is 15.9 Å². The molecule has 0 saturated heterocycles. The molecule has 2 aromatic carbocycles. The van der Waals surface area contributed by atoms with Crippen LogP contribution in [-0.4, -0.2) is 38.8 Å². The lowest BCUT2D eigenvalue weighted by atomic mass is 10.1. The predicted octanol–water partition coefficient (Wildman–Crippen LogP) is 3.89. The van der Waals surface area contributed by atoms with E-state index < -0.39 is 15.9 Å². The molecule has 0 aliphatic carbocycles. The molecule has 0 aliphatic rings. The molecule has 1 N–H and O–H groups in total. The van der Waals surface area contributed by atoms with Crippen molar-refractivity contribution >= 4 is 39.1 Å². The fourth-order valence-corrected chi connectivity index (χ4v) is 4.08. The van der Waals surface area contributed by atoms with E-state index in [9.17, 15) is 13.2 Å². The molecule has 0 aromatic heterocycles. The number of ether oxygens (including phenoxy) is 1. The Bertz CT molecular complexity index is 933. The number of hydrogen-bond acceptors (Lipinski definition) is 4. The maximum atomic E-state index is 12.7. The van der Waals surface area contributed by atoms with Crippen molar-refractivity contribution in [3.8, 4) is 5.75 Å². The SMILES string of the molecule is CCOc1ccc(S(=O)(=O)N(C)CC(=O)N[C@@H](C)c2ccc(Cl)cc2)cc1Cl. The minimum atomic E-state index is -3.88. The molecular weight excluding hydrogens is 423 g/mol. The summed E-state index contributed by atoms with van der Waals surface area (Å²) in [6, 6.07) is 11.0. The maximum Gasteiger partial charge on any atom is 0.243 e. The average Bonchev–Trinajstić information content (AvgIpc) is 2.63. The number of halogens is 2. The Labute approximate surface area is 175 Å². The first-order chi connectivity index (χ1) is 13.1. The van der Waals surface area contributed by atoms with Crippen molar-refractivity contribution < 1.29 is 17.9 Å². The number of sulfonamides is 1. The van der Waals surface area contributed by atoms with E-state index in [0.717, 1.165) is 9.87 Å². The van der Waals surface area contributed by atoms with E-state index in [1.807, 2.05) is 6.92 Å². The number of nitrogens with zero attached hydrogens (tertiary/aromatic N) is 1. The zero-order valence-corrected chi connectivity index (χ0v) is 18.1. The number of carbonyl (C=O) groups is 1. The van der Waals surface area contributed by atoms with Crippen LogP contribution in [0.4, 0.5) is 0 Å². The Hall–Kier alpha value is -1.80. The number of benzene rings is 2. The van der Waals surface area contributed by atoms with E-state index in [4.69, 9.17) is 27.9 Å². The molecular formula is C19H22Cl2N2O4S. The second-order valence-corrected chi connectivity index (χ2v) is 9.02. The predicted molar refractivity (Wildman–Crippen MR) is 110 cm³/mol.